The Balaban J connectivity index is 2.32. The fourth-order valence-electron chi connectivity index (χ4n) is 1.51. The average molecular weight is 181 g/mol. The summed E-state index contributed by atoms with van der Waals surface area (Å²) in [5.41, 5.74) is 2.46. The molecule has 0 spiro atoms. The lowest BCUT2D eigenvalue weighted by molar-refractivity contribution is 0.636. The zero-order valence-corrected chi connectivity index (χ0v) is 8.80. The summed E-state index contributed by atoms with van der Waals surface area (Å²) in [6.07, 6.45) is 3.61. The van der Waals surface area contributed by atoms with Gasteiger partial charge < -0.3 is 5.32 Å². The fourth-order valence-corrected chi connectivity index (χ4v) is 1.51. The molecule has 1 aromatic heterocycles. The molecule has 0 saturated carbocycles. The van der Waals surface area contributed by atoms with Crippen LogP contribution in [0.15, 0.2) is 6.07 Å². The maximum atomic E-state index is 4.31. The minimum absolute atomic E-state index is 1.11. The average Bonchev–Trinajstić information content (AvgIpc) is 2.39. The van der Waals surface area contributed by atoms with Gasteiger partial charge in [-0.05, 0) is 45.8 Å². The zero-order chi connectivity index (χ0) is 9.68. The Hall–Kier alpha value is -0.830. The molecule has 1 rings (SSSR count). The summed E-state index contributed by atoms with van der Waals surface area (Å²) in [4.78, 5) is 0. The first kappa shape index (κ1) is 10.3. The van der Waals surface area contributed by atoms with Crippen molar-refractivity contribution in [2.45, 2.75) is 26.2 Å². The number of rotatable bonds is 5. The molecule has 0 aliphatic carbocycles. The van der Waals surface area contributed by atoms with Crippen LogP contribution in [0.5, 0.6) is 0 Å². The van der Waals surface area contributed by atoms with Crippen molar-refractivity contribution in [1.29, 1.82) is 0 Å². The van der Waals surface area contributed by atoms with Crippen LogP contribution in [-0.2, 0) is 13.5 Å². The normalized spacial score (nSPS) is 10.7. The molecule has 1 aromatic rings. The first-order valence-corrected chi connectivity index (χ1v) is 4.88. The predicted molar refractivity (Wildman–Crippen MR) is 54.8 cm³/mol. The third-order valence-corrected chi connectivity index (χ3v) is 2.21. The molecule has 0 atom stereocenters. The highest BCUT2D eigenvalue weighted by atomic mass is 15.3. The Bertz CT molecular complexity index is 253. The van der Waals surface area contributed by atoms with Crippen molar-refractivity contribution in [2.75, 3.05) is 13.6 Å². The SMILES string of the molecule is CNCCCCc1cc(C)nn1C. The topological polar surface area (TPSA) is 29.9 Å². The maximum Gasteiger partial charge on any atom is 0.0596 e. The van der Waals surface area contributed by atoms with Crippen LogP contribution in [0.1, 0.15) is 24.2 Å². The van der Waals surface area contributed by atoms with E-state index in [4.69, 9.17) is 0 Å². The van der Waals surface area contributed by atoms with Gasteiger partial charge in [-0.25, -0.2) is 0 Å². The van der Waals surface area contributed by atoms with Crippen molar-refractivity contribution in [3.63, 3.8) is 0 Å². The molecule has 1 N–H and O–H groups in total. The molecule has 0 bridgehead atoms. The van der Waals surface area contributed by atoms with Gasteiger partial charge in [-0.15, -0.1) is 0 Å². The Morgan fingerprint density at radius 1 is 1.46 bits per heavy atom. The third-order valence-electron chi connectivity index (χ3n) is 2.21. The molecule has 0 amide bonds. The molecule has 0 saturated heterocycles. The summed E-state index contributed by atoms with van der Waals surface area (Å²) in [7, 11) is 4.01. The number of nitrogens with one attached hydrogen (secondary N) is 1. The second kappa shape index (κ2) is 5.02. The number of unbranched alkanes of at least 4 members (excludes halogenated alkanes) is 1. The van der Waals surface area contributed by atoms with Gasteiger partial charge in [0.2, 0.25) is 0 Å². The number of aromatic nitrogens is 2. The van der Waals surface area contributed by atoms with E-state index in [1.807, 2.05) is 25.7 Å². The summed E-state index contributed by atoms with van der Waals surface area (Å²) in [5.74, 6) is 0. The van der Waals surface area contributed by atoms with Gasteiger partial charge in [-0.1, -0.05) is 0 Å². The summed E-state index contributed by atoms with van der Waals surface area (Å²) >= 11 is 0. The van der Waals surface area contributed by atoms with Gasteiger partial charge in [0.15, 0.2) is 0 Å². The van der Waals surface area contributed by atoms with E-state index in [2.05, 4.69) is 16.5 Å². The Labute approximate surface area is 80.1 Å². The quantitative estimate of drug-likeness (QED) is 0.693. The van der Waals surface area contributed by atoms with E-state index in [9.17, 15) is 0 Å². The second-order valence-corrected chi connectivity index (χ2v) is 3.46. The number of aryl methyl sites for hydroxylation is 3. The smallest absolute Gasteiger partial charge is 0.0596 e. The highest BCUT2D eigenvalue weighted by Crippen LogP contribution is 2.05. The third kappa shape index (κ3) is 3.19. The van der Waals surface area contributed by atoms with Crippen molar-refractivity contribution in [2.24, 2.45) is 7.05 Å². The van der Waals surface area contributed by atoms with Crippen LogP contribution in [-0.4, -0.2) is 23.4 Å². The van der Waals surface area contributed by atoms with Gasteiger partial charge in [0.1, 0.15) is 0 Å². The van der Waals surface area contributed by atoms with Crippen molar-refractivity contribution in [3.8, 4) is 0 Å². The Morgan fingerprint density at radius 2 is 2.23 bits per heavy atom. The Morgan fingerprint density at radius 3 is 2.77 bits per heavy atom. The van der Waals surface area contributed by atoms with Crippen LogP contribution in [0, 0.1) is 6.92 Å². The van der Waals surface area contributed by atoms with Crippen LogP contribution in [0.25, 0.3) is 0 Å². The van der Waals surface area contributed by atoms with Crippen LogP contribution in [0.4, 0.5) is 0 Å². The molecular weight excluding hydrogens is 162 g/mol. The molecule has 74 valence electrons. The fraction of sp³-hybridized carbons (Fsp3) is 0.700. The van der Waals surface area contributed by atoms with Crippen LogP contribution in [0.2, 0.25) is 0 Å². The summed E-state index contributed by atoms with van der Waals surface area (Å²) in [6, 6.07) is 2.17. The molecule has 0 fully saturated rings. The van der Waals surface area contributed by atoms with E-state index in [-0.39, 0.29) is 0 Å². The maximum absolute atomic E-state index is 4.31. The van der Waals surface area contributed by atoms with E-state index < -0.39 is 0 Å². The van der Waals surface area contributed by atoms with Gasteiger partial charge in [0, 0.05) is 12.7 Å². The standard InChI is InChI=1S/C10H19N3/c1-9-8-10(13(3)12-9)6-4-5-7-11-2/h8,11H,4-7H2,1-3H3. The molecule has 1 heterocycles. The molecule has 0 aromatic carbocycles. The van der Waals surface area contributed by atoms with E-state index in [1.54, 1.807) is 0 Å². The summed E-state index contributed by atoms with van der Waals surface area (Å²) in [6.45, 7) is 3.15. The van der Waals surface area contributed by atoms with Gasteiger partial charge in [0.25, 0.3) is 0 Å². The highest BCUT2D eigenvalue weighted by Gasteiger charge is 2.00. The van der Waals surface area contributed by atoms with Crippen molar-refractivity contribution < 1.29 is 0 Å². The molecular formula is C10H19N3. The summed E-state index contributed by atoms with van der Waals surface area (Å²) < 4.78 is 1.98. The first-order valence-electron chi connectivity index (χ1n) is 4.88. The minimum atomic E-state index is 1.11. The molecule has 13 heavy (non-hydrogen) atoms. The van der Waals surface area contributed by atoms with Crippen molar-refractivity contribution in [1.82, 2.24) is 15.1 Å². The molecule has 3 heteroatoms. The van der Waals surface area contributed by atoms with Crippen molar-refractivity contribution >= 4 is 0 Å². The number of nitrogens with zero attached hydrogens (tertiary/aromatic N) is 2. The van der Waals surface area contributed by atoms with Gasteiger partial charge >= 0.3 is 0 Å². The second-order valence-electron chi connectivity index (χ2n) is 3.46. The van der Waals surface area contributed by atoms with Crippen LogP contribution >= 0.6 is 0 Å². The monoisotopic (exact) mass is 181 g/mol. The van der Waals surface area contributed by atoms with Crippen LogP contribution in [0.3, 0.4) is 0 Å². The highest BCUT2D eigenvalue weighted by molar-refractivity contribution is 5.08. The molecule has 0 aliphatic rings. The lowest BCUT2D eigenvalue weighted by atomic mass is 10.2. The van der Waals surface area contributed by atoms with Gasteiger partial charge in [0.05, 0.1) is 5.69 Å². The van der Waals surface area contributed by atoms with Gasteiger partial charge in [-0.2, -0.15) is 5.10 Å². The molecule has 0 aliphatic heterocycles. The summed E-state index contributed by atoms with van der Waals surface area (Å²) in [5, 5.41) is 7.46. The van der Waals surface area contributed by atoms with Crippen molar-refractivity contribution in [3.05, 3.63) is 17.5 Å². The van der Waals surface area contributed by atoms with E-state index in [1.165, 1.54) is 18.5 Å². The van der Waals surface area contributed by atoms with E-state index in [0.29, 0.717) is 0 Å². The van der Waals surface area contributed by atoms with E-state index in [0.717, 1.165) is 18.7 Å². The largest absolute Gasteiger partial charge is 0.320 e. The zero-order valence-electron chi connectivity index (χ0n) is 8.80. The van der Waals surface area contributed by atoms with Gasteiger partial charge in [-0.3, -0.25) is 4.68 Å². The molecule has 0 unspecified atom stereocenters. The first-order chi connectivity index (χ1) is 6.24. The van der Waals surface area contributed by atoms with Crippen LogP contribution < -0.4 is 5.32 Å². The lowest BCUT2D eigenvalue weighted by Gasteiger charge is -2.01. The predicted octanol–water partition coefficient (Wildman–Crippen LogP) is 1.27. The molecule has 3 nitrogen and oxygen atoms in total. The minimum Gasteiger partial charge on any atom is -0.320 e. The number of hydrogen-bond acceptors (Lipinski definition) is 2. The lowest BCUT2D eigenvalue weighted by Crippen LogP contribution is -2.08. The number of hydrogen-bond donors (Lipinski definition) is 1. The molecule has 0 radical (unpaired) electrons. The van der Waals surface area contributed by atoms with E-state index >= 15 is 0 Å². The Kier molecular flexibility index (Phi) is 3.96.